The summed E-state index contributed by atoms with van der Waals surface area (Å²) < 4.78 is 8.92. The molecule has 0 aliphatic rings. The maximum Gasteiger partial charge on any atom is 0.326 e. The first-order valence-electron chi connectivity index (χ1n) is 4.05. The number of ether oxygens (including phenoxy) is 2. The van der Waals surface area contributed by atoms with Crippen LogP contribution in [0.3, 0.4) is 0 Å². The van der Waals surface area contributed by atoms with E-state index in [1.54, 1.807) is 0 Å². The highest BCUT2D eigenvalue weighted by molar-refractivity contribution is 5.86. The molecule has 2 N–H and O–H groups in total. The topological polar surface area (TPSA) is 78.6 Å². The Morgan fingerprint density at radius 1 is 1.43 bits per heavy atom. The van der Waals surface area contributed by atoms with Crippen LogP contribution in [0.5, 0.6) is 0 Å². The molecule has 0 spiro atoms. The summed E-state index contributed by atoms with van der Waals surface area (Å²) in [5, 5.41) is 0. The summed E-state index contributed by atoms with van der Waals surface area (Å²) in [6.45, 7) is 3.46. The van der Waals surface area contributed by atoms with E-state index in [1.165, 1.54) is 20.3 Å². The molecule has 0 aliphatic carbocycles. The van der Waals surface area contributed by atoms with Crippen LogP contribution in [0.2, 0.25) is 0 Å². The molecule has 0 fully saturated rings. The third-order valence-corrected chi connectivity index (χ3v) is 1.79. The maximum absolute atomic E-state index is 11.3. The maximum atomic E-state index is 11.3. The molecule has 5 nitrogen and oxygen atoms in total. The molecule has 0 saturated carbocycles. The molecule has 0 bridgehead atoms. The predicted octanol–water partition coefficient (Wildman–Crippen LogP) is -0.00390. The Hall–Kier alpha value is -1.36. The van der Waals surface area contributed by atoms with Crippen molar-refractivity contribution >= 4 is 11.9 Å². The Balaban J connectivity index is 4.62. The van der Waals surface area contributed by atoms with Crippen LogP contribution in [0.4, 0.5) is 0 Å². The Labute approximate surface area is 82.9 Å². The van der Waals surface area contributed by atoms with Crippen LogP contribution in [-0.2, 0) is 19.1 Å². The van der Waals surface area contributed by atoms with Gasteiger partial charge in [0.1, 0.15) is 5.54 Å². The van der Waals surface area contributed by atoms with Crippen molar-refractivity contribution in [3.8, 4) is 0 Å². The fourth-order valence-electron chi connectivity index (χ4n) is 1.02. The molecule has 1 atom stereocenters. The lowest BCUT2D eigenvalue weighted by Crippen LogP contribution is -2.50. The summed E-state index contributed by atoms with van der Waals surface area (Å²) in [7, 11) is 2.44. The Morgan fingerprint density at radius 2 is 2.00 bits per heavy atom. The summed E-state index contributed by atoms with van der Waals surface area (Å²) >= 11 is 0. The molecule has 0 aromatic carbocycles. The number of rotatable bonds is 5. The van der Waals surface area contributed by atoms with E-state index in [0.29, 0.717) is 0 Å². The van der Waals surface area contributed by atoms with E-state index in [1.807, 2.05) is 0 Å². The molecule has 0 radical (unpaired) electrons. The van der Waals surface area contributed by atoms with Gasteiger partial charge in [-0.25, -0.2) is 0 Å². The summed E-state index contributed by atoms with van der Waals surface area (Å²) in [6, 6.07) is 0. The van der Waals surface area contributed by atoms with Crippen LogP contribution in [0.25, 0.3) is 0 Å². The van der Waals surface area contributed by atoms with Crippen LogP contribution in [-0.4, -0.2) is 31.7 Å². The largest absolute Gasteiger partial charge is 0.469 e. The zero-order valence-electron chi connectivity index (χ0n) is 8.41. The van der Waals surface area contributed by atoms with Gasteiger partial charge in [-0.15, -0.1) is 6.58 Å². The molecule has 0 aliphatic heterocycles. The van der Waals surface area contributed by atoms with Crippen LogP contribution in [0.15, 0.2) is 12.7 Å². The van der Waals surface area contributed by atoms with Gasteiger partial charge in [0, 0.05) is 0 Å². The van der Waals surface area contributed by atoms with Crippen molar-refractivity contribution in [2.24, 2.45) is 5.73 Å². The van der Waals surface area contributed by atoms with Crippen LogP contribution in [0, 0.1) is 0 Å². The lowest BCUT2D eigenvalue weighted by Gasteiger charge is -2.23. The Kier molecular flexibility index (Phi) is 4.86. The van der Waals surface area contributed by atoms with Gasteiger partial charge in [0.2, 0.25) is 0 Å². The lowest BCUT2D eigenvalue weighted by atomic mass is 9.92. The standard InChI is InChI=1S/C9H15NO4/c1-4-5-9(10,8(12)14-3)6-7(11)13-2/h4H,1,5-6,10H2,2-3H3/t9-/m0/s1. The van der Waals surface area contributed by atoms with Crippen molar-refractivity contribution in [2.45, 2.75) is 18.4 Å². The average Bonchev–Trinajstić information content (AvgIpc) is 2.16. The second kappa shape index (κ2) is 5.39. The molecule has 0 unspecified atom stereocenters. The van der Waals surface area contributed by atoms with Crippen LogP contribution in [0.1, 0.15) is 12.8 Å². The van der Waals surface area contributed by atoms with Gasteiger partial charge < -0.3 is 15.2 Å². The minimum Gasteiger partial charge on any atom is -0.469 e. The second-order valence-corrected chi connectivity index (χ2v) is 2.89. The Morgan fingerprint density at radius 3 is 2.36 bits per heavy atom. The van der Waals surface area contributed by atoms with E-state index in [0.717, 1.165) is 0 Å². The van der Waals surface area contributed by atoms with Gasteiger partial charge >= 0.3 is 11.9 Å². The monoisotopic (exact) mass is 201 g/mol. The number of methoxy groups -OCH3 is 2. The first-order chi connectivity index (χ1) is 6.50. The van der Waals surface area contributed by atoms with E-state index in [2.05, 4.69) is 16.1 Å². The average molecular weight is 201 g/mol. The number of hydrogen-bond donors (Lipinski definition) is 1. The van der Waals surface area contributed by atoms with Gasteiger partial charge in [0.05, 0.1) is 20.6 Å². The summed E-state index contributed by atoms with van der Waals surface area (Å²) in [6.07, 6.45) is 1.40. The number of hydrogen-bond acceptors (Lipinski definition) is 5. The molecular formula is C9H15NO4. The number of nitrogens with two attached hydrogens (primary N) is 1. The quantitative estimate of drug-likeness (QED) is 0.500. The number of esters is 2. The number of carbonyl (C=O) groups excluding carboxylic acids is 2. The molecule has 0 heterocycles. The van der Waals surface area contributed by atoms with E-state index in [9.17, 15) is 9.59 Å². The minimum atomic E-state index is -1.37. The summed E-state index contributed by atoms with van der Waals surface area (Å²) in [5.41, 5.74) is 4.32. The zero-order valence-corrected chi connectivity index (χ0v) is 8.41. The normalized spacial score (nSPS) is 13.9. The van der Waals surface area contributed by atoms with Crippen LogP contribution >= 0.6 is 0 Å². The fraction of sp³-hybridized carbons (Fsp3) is 0.556. The van der Waals surface area contributed by atoms with Crippen molar-refractivity contribution in [1.29, 1.82) is 0 Å². The van der Waals surface area contributed by atoms with E-state index in [-0.39, 0.29) is 12.8 Å². The molecule has 0 aromatic heterocycles. The fourth-order valence-corrected chi connectivity index (χ4v) is 1.02. The van der Waals surface area contributed by atoms with Gasteiger partial charge in [-0.05, 0) is 6.42 Å². The molecule has 5 heteroatoms. The highest BCUT2D eigenvalue weighted by Crippen LogP contribution is 2.15. The molecule has 0 rings (SSSR count). The third kappa shape index (κ3) is 3.18. The molecule has 0 amide bonds. The second-order valence-electron chi connectivity index (χ2n) is 2.89. The van der Waals surface area contributed by atoms with Gasteiger partial charge in [-0.1, -0.05) is 6.08 Å². The van der Waals surface area contributed by atoms with Crippen LogP contribution < -0.4 is 5.73 Å². The smallest absolute Gasteiger partial charge is 0.326 e. The van der Waals surface area contributed by atoms with Gasteiger partial charge in [-0.2, -0.15) is 0 Å². The van der Waals surface area contributed by atoms with Crippen molar-refractivity contribution in [1.82, 2.24) is 0 Å². The first-order valence-corrected chi connectivity index (χ1v) is 4.05. The van der Waals surface area contributed by atoms with E-state index < -0.39 is 17.5 Å². The summed E-state index contributed by atoms with van der Waals surface area (Å²) in [4.78, 5) is 22.3. The number of carbonyl (C=O) groups is 2. The van der Waals surface area contributed by atoms with Crippen molar-refractivity contribution in [3.05, 3.63) is 12.7 Å². The molecule has 14 heavy (non-hydrogen) atoms. The van der Waals surface area contributed by atoms with E-state index >= 15 is 0 Å². The lowest BCUT2D eigenvalue weighted by molar-refractivity contribution is -0.153. The summed E-state index contributed by atoms with van der Waals surface area (Å²) in [5.74, 6) is -1.21. The molecule has 0 aromatic rings. The predicted molar refractivity (Wildman–Crippen MR) is 50.4 cm³/mol. The minimum absolute atomic E-state index is 0.161. The molecular weight excluding hydrogens is 186 g/mol. The third-order valence-electron chi connectivity index (χ3n) is 1.79. The van der Waals surface area contributed by atoms with Gasteiger partial charge in [0.15, 0.2) is 0 Å². The Bertz CT molecular complexity index is 239. The van der Waals surface area contributed by atoms with Gasteiger partial charge in [0.25, 0.3) is 0 Å². The molecule has 80 valence electrons. The van der Waals surface area contributed by atoms with Crippen molar-refractivity contribution in [3.63, 3.8) is 0 Å². The highest BCUT2D eigenvalue weighted by atomic mass is 16.5. The first kappa shape index (κ1) is 12.6. The van der Waals surface area contributed by atoms with Gasteiger partial charge in [-0.3, -0.25) is 9.59 Å². The zero-order chi connectivity index (χ0) is 11.2. The molecule has 0 saturated heterocycles. The SMILES string of the molecule is C=CC[C@](N)(CC(=O)OC)C(=O)OC. The highest BCUT2D eigenvalue weighted by Gasteiger charge is 2.36. The van der Waals surface area contributed by atoms with Crippen molar-refractivity contribution < 1.29 is 19.1 Å². The van der Waals surface area contributed by atoms with Crippen molar-refractivity contribution in [2.75, 3.05) is 14.2 Å². The van der Waals surface area contributed by atoms with E-state index in [4.69, 9.17) is 5.73 Å².